The molecule has 2 N–H and O–H groups in total. The standard InChI is InChI=1S/C14H26N4O3/c1-5-11-16-12(14(19)21-6-2)13(15)18(11)8-10-20-9-7-17(3)4/h5-10,15H2,1-4H3. The van der Waals surface area contributed by atoms with Crippen molar-refractivity contribution in [2.75, 3.05) is 46.2 Å². The van der Waals surface area contributed by atoms with Crippen molar-refractivity contribution in [2.24, 2.45) is 0 Å². The Morgan fingerprint density at radius 3 is 2.62 bits per heavy atom. The number of nitrogens with zero attached hydrogens (tertiary/aromatic N) is 3. The fraction of sp³-hybridized carbons (Fsp3) is 0.714. The minimum absolute atomic E-state index is 0.196. The fourth-order valence-electron chi connectivity index (χ4n) is 1.89. The predicted molar refractivity (Wildman–Crippen MR) is 81.3 cm³/mol. The second-order valence-corrected chi connectivity index (χ2v) is 4.90. The lowest BCUT2D eigenvalue weighted by molar-refractivity contribution is 0.0521. The SMILES string of the molecule is CCOC(=O)c1nc(CC)n(CCOCCN(C)C)c1N. The Labute approximate surface area is 126 Å². The van der Waals surface area contributed by atoms with E-state index in [1.54, 1.807) is 6.92 Å². The first-order chi connectivity index (χ1) is 10.0. The molecule has 1 heterocycles. The Morgan fingerprint density at radius 2 is 2.05 bits per heavy atom. The van der Waals surface area contributed by atoms with Gasteiger partial charge in [-0.05, 0) is 21.0 Å². The zero-order chi connectivity index (χ0) is 15.8. The van der Waals surface area contributed by atoms with Gasteiger partial charge in [-0.25, -0.2) is 9.78 Å². The summed E-state index contributed by atoms with van der Waals surface area (Å²) in [7, 11) is 4.00. The number of carbonyl (C=O) groups is 1. The molecule has 0 amide bonds. The number of hydrogen-bond donors (Lipinski definition) is 1. The van der Waals surface area contributed by atoms with Crippen molar-refractivity contribution in [1.29, 1.82) is 0 Å². The van der Waals surface area contributed by atoms with Gasteiger partial charge in [-0.1, -0.05) is 6.92 Å². The maximum Gasteiger partial charge on any atom is 0.360 e. The average Bonchev–Trinajstić information content (AvgIpc) is 2.75. The second-order valence-electron chi connectivity index (χ2n) is 4.90. The molecule has 7 nitrogen and oxygen atoms in total. The van der Waals surface area contributed by atoms with Gasteiger partial charge in [0.15, 0.2) is 5.69 Å². The molecule has 0 atom stereocenters. The summed E-state index contributed by atoms with van der Waals surface area (Å²) in [5.74, 6) is 0.644. The molecule has 1 rings (SSSR count). The van der Waals surface area contributed by atoms with E-state index >= 15 is 0 Å². The van der Waals surface area contributed by atoms with Crippen molar-refractivity contribution >= 4 is 11.8 Å². The summed E-state index contributed by atoms with van der Waals surface area (Å²) < 4.78 is 12.3. The second kappa shape index (κ2) is 8.63. The summed E-state index contributed by atoms with van der Waals surface area (Å²) in [6, 6.07) is 0. The lowest BCUT2D eigenvalue weighted by Crippen LogP contribution is -2.20. The number of carbonyl (C=O) groups excluding carboxylic acids is 1. The van der Waals surface area contributed by atoms with E-state index in [4.69, 9.17) is 15.2 Å². The molecule has 0 spiro atoms. The maximum absolute atomic E-state index is 11.8. The van der Waals surface area contributed by atoms with Crippen LogP contribution in [-0.2, 0) is 22.4 Å². The smallest absolute Gasteiger partial charge is 0.360 e. The van der Waals surface area contributed by atoms with Crippen LogP contribution in [0.1, 0.15) is 30.2 Å². The van der Waals surface area contributed by atoms with Gasteiger partial charge in [-0.15, -0.1) is 0 Å². The molecule has 0 saturated carbocycles. The largest absolute Gasteiger partial charge is 0.461 e. The van der Waals surface area contributed by atoms with Gasteiger partial charge in [0, 0.05) is 19.5 Å². The van der Waals surface area contributed by atoms with E-state index < -0.39 is 5.97 Å². The van der Waals surface area contributed by atoms with Gasteiger partial charge in [0.1, 0.15) is 11.6 Å². The predicted octanol–water partition coefficient (Wildman–Crippen LogP) is 0.783. The first-order valence-electron chi connectivity index (χ1n) is 7.25. The first-order valence-corrected chi connectivity index (χ1v) is 7.25. The zero-order valence-electron chi connectivity index (χ0n) is 13.4. The molecule has 0 unspecified atom stereocenters. The summed E-state index contributed by atoms with van der Waals surface area (Å²) in [5.41, 5.74) is 6.21. The van der Waals surface area contributed by atoms with Crippen LogP contribution >= 0.6 is 0 Å². The van der Waals surface area contributed by atoms with Crippen LogP contribution in [-0.4, -0.2) is 60.9 Å². The summed E-state index contributed by atoms with van der Waals surface area (Å²) in [5, 5.41) is 0. The van der Waals surface area contributed by atoms with E-state index in [0.717, 1.165) is 12.4 Å². The number of nitrogens with two attached hydrogens (primary N) is 1. The third-order valence-electron chi connectivity index (χ3n) is 3.01. The molecule has 1 aromatic heterocycles. The van der Waals surface area contributed by atoms with Crippen molar-refractivity contribution in [2.45, 2.75) is 26.8 Å². The Kier molecular flexibility index (Phi) is 7.18. The molecule has 0 fully saturated rings. The Morgan fingerprint density at radius 1 is 1.33 bits per heavy atom. The monoisotopic (exact) mass is 298 g/mol. The zero-order valence-corrected chi connectivity index (χ0v) is 13.4. The normalized spacial score (nSPS) is 11.1. The lowest BCUT2D eigenvalue weighted by Gasteiger charge is -2.12. The van der Waals surface area contributed by atoms with E-state index in [9.17, 15) is 4.79 Å². The summed E-state index contributed by atoms with van der Waals surface area (Å²) in [4.78, 5) is 18.1. The van der Waals surface area contributed by atoms with Gasteiger partial charge in [-0.3, -0.25) is 0 Å². The highest BCUT2D eigenvalue weighted by Crippen LogP contribution is 2.16. The van der Waals surface area contributed by atoms with Crippen LogP contribution in [0.4, 0.5) is 5.82 Å². The molecule has 0 aliphatic rings. The molecule has 21 heavy (non-hydrogen) atoms. The van der Waals surface area contributed by atoms with Gasteiger partial charge in [0.2, 0.25) is 0 Å². The van der Waals surface area contributed by atoms with E-state index in [1.165, 1.54) is 0 Å². The first kappa shape index (κ1) is 17.5. The van der Waals surface area contributed by atoms with E-state index in [0.29, 0.717) is 38.6 Å². The number of likely N-dealkylation sites (N-methyl/N-ethyl adjacent to an activating group) is 1. The van der Waals surface area contributed by atoms with Gasteiger partial charge in [-0.2, -0.15) is 0 Å². The molecule has 0 aliphatic carbocycles. The molecular formula is C14H26N4O3. The number of aryl methyl sites for hydroxylation is 1. The number of rotatable bonds is 9. The highest BCUT2D eigenvalue weighted by atomic mass is 16.5. The van der Waals surface area contributed by atoms with Crippen molar-refractivity contribution in [3.63, 3.8) is 0 Å². The third kappa shape index (κ3) is 5.02. The Hall–Kier alpha value is -1.60. The average molecular weight is 298 g/mol. The van der Waals surface area contributed by atoms with Gasteiger partial charge < -0.3 is 24.7 Å². The number of ether oxygens (including phenoxy) is 2. The van der Waals surface area contributed by atoms with Crippen molar-refractivity contribution < 1.29 is 14.3 Å². The number of aromatic nitrogens is 2. The van der Waals surface area contributed by atoms with Crippen LogP contribution in [0.5, 0.6) is 0 Å². The number of imidazole rings is 1. The van der Waals surface area contributed by atoms with Crippen LogP contribution < -0.4 is 5.73 Å². The molecule has 0 radical (unpaired) electrons. The molecule has 0 aliphatic heterocycles. The van der Waals surface area contributed by atoms with Crippen molar-refractivity contribution in [1.82, 2.24) is 14.5 Å². The Balaban J connectivity index is 2.66. The van der Waals surface area contributed by atoms with Crippen LogP contribution in [0.15, 0.2) is 0 Å². The fourth-order valence-corrected chi connectivity index (χ4v) is 1.89. The van der Waals surface area contributed by atoms with Gasteiger partial charge in [0.05, 0.1) is 19.8 Å². The molecule has 0 bridgehead atoms. The molecule has 1 aromatic rings. The van der Waals surface area contributed by atoms with Crippen molar-refractivity contribution in [3.05, 3.63) is 11.5 Å². The van der Waals surface area contributed by atoms with E-state index in [2.05, 4.69) is 9.88 Å². The quantitative estimate of drug-likeness (QED) is 0.536. The molecule has 0 aromatic carbocycles. The number of anilines is 1. The van der Waals surface area contributed by atoms with Gasteiger partial charge >= 0.3 is 5.97 Å². The summed E-state index contributed by atoms with van der Waals surface area (Å²) in [6.45, 7) is 6.67. The molecule has 120 valence electrons. The highest BCUT2D eigenvalue weighted by Gasteiger charge is 2.20. The molecule has 7 heteroatoms. The van der Waals surface area contributed by atoms with Crippen LogP contribution in [0.2, 0.25) is 0 Å². The maximum atomic E-state index is 11.8. The number of esters is 1. The summed E-state index contributed by atoms with van der Waals surface area (Å²) >= 11 is 0. The van der Waals surface area contributed by atoms with Gasteiger partial charge in [0.25, 0.3) is 0 Å². The highest BCUT2D eigenvalue weighted by molar-refractivity contribution is 5.92. The third-order valence-corrected chi connectivity index (χ3v) is 3.01. The van der Waals surface area contributed by atoms with E-state index in [1.807, 2.05) is 25.6 Å². The van der Waals surface area contributed by atoms with E-state index in [-0.39, 0.29) is 5.69 Å². The van der Waals surface area contributed by atoms with Crippen LogP contribution in [0, 0.1) is 0 Å². The number of hydrogen-bond acceptors (Lipinski definition) is 6. The number of nitrogen functional groups attached to an aromatic ring is 1. The minimum Gasteiger partial charge on any atom is -0.461 e. The Bertz CT molecular complexity index is 457. The van der Waals surface area contributed by atoms with Crippen molar-refractivity contribution in [3.8, 4) is 0 Å². The molecule has 0 saturated heterocycles. The van der Waals surface area contributed by atoms with Crippen LogP contribution in [0.3, 0.4) is 0 Å². The van der Waals surface area contributed by atoms with Crippen LogP contribution in [0.25, 0.3) is 0 Å². The minimum atomic E-state index is -0.475. The topological polar surface area (TPSA) is 82.6 Å². The molecular weight excluding hydrogens is 272 g/mol. The lowest BCUT2D eigenvalue weighted by atomic mass is 10.4. The summed E-state index contributed by atoms with van der Waals surface area (Å²) in [6.07, 6.45) is 0.696.